The third-order valence-corrected chi connectivity index (χ3v) is 4.30. The van der Waals surface area contributed by atoms with Gasteiger partial charge in [0.25, 0.3) is 5.91 Å². The van der Waals surface area contributed by atoms with Crippen LogP contribution in [0.15, 0.2) is 18.3 Å². The topological polar surface area (TPSA) is 62.7 Å². The molecular formula is C15H17ClFN3O3. The summed E-state index contributed by atoms with van der Waals surface area (Å²) in [5.74, 6) is -0.622. The first kappa shape index (κ1) is 16.1. The molecule has 2 amide bonds. The predicted molar refractivity (Wildman–Crippen MR) is 81.0 cm³/mol. The number of hydrogen-bond donors (Lipinski definition) is 0. The van der Waals surface area contributed by atoms with E-state index in [9.17, 15) is 14.0 Å². The Morgan fingerprint density at radius 2 is 2.09 bits per heavy atom. The van der Waals surface area contributed by atoms with Gasteiger partial charge in [0.05, 0.1) is 19.8 Å². The van der Waals surface area contributed by atoms with Gasteiger partial charge in [0.2, 0.25) is 5.91 Å². The molecule has 124 valence electrons. The Kier molecular flexibility index (Phi) is 4.77. The van der Waals surface area contributed by atoms with Crippen LogP contribution in [0.4, 0.5) is 4.39 Å². The Balaban J connectivity index is 1.79. The maximum Gasteiger partial charge on any atom is 0.254 e. The van der Waals surface area contributed by atoms with Crippen molar-refractivity contribution in [2.75, 3.05) is 32.8 Å². The number of halogens is 2. The van der Waals surface area contributed by atoms with Crippen LogP contribution in [0.2, 0.25) is 5.15 Å². The number of hydrogen-bond acceptors (Lipinski definition) is 4. The Hall–Kier alpha value is -1.73. The van der Waals surface area contributed by atoms with Crippen LogP contribution in [0.25, 0.3) is 0 Å². The summed E-state index contributed by atoms with van der Waals surface area (Å²) < 4.78 is 19.1. The number of amides is 2. The fraction of sp³-hybridized carbons (Fsp3) is 0.533. The van der Waals surface area contributed by atoms with E-state index in [0.717, 1.165) is 0 Å². The van der Waals surface area contributed by atoms with E-state index >= 15 is 0 Å². The molecule has 1 aromatic rings. The minimum absolute atomic E-state index is 0.0285. The maximum atomic E-state index is 13.9. The van der Waals surface area contributed by atoms with E-state index < -0.39 is 18.1 Å². The number of nitrogens with zero attached hydrogens (tertiary/aromatic N) is 3. The number of pyridine rings is 1. The standard InChI is InChI=1S/C15H17ClFN3O3/c16-13-7-10(1-2-18-13)14(21)20-9-11(17)8-12(20)15(22)19-3-5-23-6-4-19/h1-2,7,11-12H,3-6,8-9H2/t11-,12+/m1/s1. The molecule has 0 aromatic carbocycles. The summed E-state index contributed by atoms with van der Waals surface area (Å²) in [7, 11) is 0. The third-order valence-electron chi connectivity index (χ3n) is 4.09. The molecule has 1 aromatic heterocycles. The number of aromatic nitrogens is 1. The van der Waals surface area contributed by atoms with Crippen LogP contribution in [0, 0.1) is 0 Å². The number of ether oxygens (including phenoxy) is 1. The molecule has 0 N–H and O–H groups in total. The molecule has 23 heavy (non-hydrogen) atoms. The van der Waals surface area contributed by atoms with Crippen molar-refractivity contribution in [3.8, 4) is 0 Å². The lowest BCUT2D eigenvalue weighted by atomic mass is 10.1. The number of carbonyl (C=O) groups is 2. The van der Waals surface area contributed by atoms with E-state index in [1.807, 2.05) is 0 Å². The molecule has 3 heterocycles. The first-order valence-corrected chi connectivity index (χ1v) is 7.87. The zero-order valence-electron chi connectivity index (χ0n) is 12.5. The van der Waals surface area contributed by atoms with E-state index in [4.69, 9.17) is 16.3 Å². The summed E-state index contributed by atoms with van der Waals surface area (Å²) in [5.41, 5.74) is 0.305. The molecule has 0 radical (unpaired) electrons. The Morgan fingerprint density at radius 1 is 1.35 bits per heavy atom. The number of likely N-dealkylation sites (tertiary alicyclic amines) is 1. The molecule has 2 saturated heterocycles. The molecule has 0 unspecified atom stereocenters. The second-order valence-corrected chi connectivity index (χ2v) is 6.00. The van der Waals surface area contributed by atoms with E-state index in [1.54, 1.807) is 4.90 Å². The molecule has 0 bridgehead atoms. The van der Waals surface area contributed by atoms with Gasteiger partial charge >= 0.3 is 0 Å². The van der Waals surface area contributed by atoms with Crippen molar-refractivity contribution in [1.82, 2.24) is 14.8 Å². The molecule has 6 nitrogen and oxygen atoms in total. The van der Waals surface area contributed by atoms with Crippen molar-refractivity contribution in [3.05, 3.63) is 29.0 Å². The molecule has 8 heteroatoms. The average molecular weight is 342 g/mol. The van der Waals surface area contributed by atoms with Crippen LogP contribution in [-0.2, 0) is 9.53 Å². The molecule has 2 aliphatic rings. The predicted octanol–water partition coefficient (Wildman–Crippen LogP) is 1.15. The first-order valence-electron chi connectivity index (χ1n) is 7.49. The highest BCUT2D eigenvalue weighted by molar-refractivity contribution is 6.29. The van der Waals surface area contributed by atoms with E-state index in [0.29, 0.717) is 31.9 Å². The lowest BCUT2D eigenvalue weighted by Crippen LogP contribution is -2.51. The highest BCUT2D eigenvalue weighted by Gasteiger charge is 2.42. The average Bonchev–Trinajstić information content (AvgIpc) is 2.96. The summed E-state index contributed by atoms with van der Waals surface area (Å²) >= 11 is 5.80. The molecule has 2 aliphatic heterocycles. The minimum atomic E-state index is -1.20. The Labute approximate surface area is 138 Å². The molecule has 0 spiro atoms. The van der Waals surface area contributed by atoms with Crippen LogP contribution in [0.3, 0.4) is 0 Å². The SMILES string of the molecule is O=C([C@@H]1C[C@@H](F)CN1C(=O)c1ccnc(Cl)c1)N1CCOCC1. The second kappa shape index (κ2) is 6.80. The maximum absolute atomic E-state index is 13.9. The van der Waals surface area contributed by atoms with Crippen LogP contribution in [0.5, 0.6) is 0 Å². The summed E-state index contributed by atoms with van der Waals surface area (Å²) in [4.78, 5) is 32.0. The molecule has 3 rings (SSSR count). The van der Waals surface area contributed by atoms with Crippen molar-refractivity contribution in [2.24, 2.45) is 0 Å². The summed E-state index contributed by atoms with van der Waals surface area (Å²) in [5, 5.41) is 0.183. The van der Waals surface area contributed by atoms with E-state index in [1.165, 1.54) is 23.2 Å². The molecule has 2 atom stereocenters. The van der Waals surface area contributed by atoms with E-state index in [2.05, 4.69) is 4.98 Å². The second-order valence-electron chi connectivity index (χ2n) is 5.61. The van der Waals surface area contributed by atoms with Crippen LogP contribution >= 0.6 is 11.6 Å². The molecule has 0 saturated carbocycles. The van der Waals surface area contributed by atoms with Crippen molar-refractivity contribution >= 4 is 23.4 Å². The lowest BCUT2D eigenvalue weighted by molar-refractivity contribution is -0.139. The Morgan fingerprint density at radius 3 is 2.78 bits per heavy atom. The lowest BCUT2D eigenvalue weighted by Gasteiger charge is -2.32. The van der Waals surface area contributed by atoms with Crippen molar-refractivity contribution < 1.29 is 18.7 Å². The normalized spacial score (nSPS) is 24.8. The van der Waals surface area contributed by atoms with Gasteiger partial charge in [-0.25, -0.2) is 9.37 Å². The zero-order valence-corrected chi connectivity index (χ0v) is 13.2. The van der Waals surface area contributed by atoms with Gasteiger partial charge in [-0.05, 0) is 12.1 Å². The number of morpholine rings is 1. The van der Waals surface area contributed by atoms with Crippen LogP contribution in [0.1, 0.15) is 16.8 Å². The van der Waals surface area contributed by atoms with Gasteiger partial charge < -0.3 is 14.5 Å². The van der Waals surface area contributed by atoms with Crippen LogP contribution < -0.4 is 0 Å². The third kappa shape index (κ3) is 3.45. The van der Waals surface area contributed by atoms with Crippen molar-refractivity contribution in [1.29, 1.82) is 0 Å². The highest BCUT2D eigenvalue weighted by atomic mass is 35.5. The number of alkyl halides is 1. The van der Waals surface area contributed by atoms with E-state index in [-0.39, 0.29) is 24.0 Å². The van der Waals surface area contributed by atoms with Crippen molar-refractivity contribution in [3.63, 3.8) is 0 Å². The first-order chi connectivity index (χ1) is 11.1. The molecule has 0 aliphatic carbocycles. The summed E-state index contributed by atoms with van der Waals surface area (Å²) in [6, 6.07) is 2.16. The van der Waals surface area contributed by atoms with Gasteiger partial charge in [-0.15, -0.1) is 0 Å². The van der Waals surface area contributed by atoms with Crippen molar-refractivity contribution in [2.45, 2.75) is 18.6 Å². The van der Waals surface area contributed by atoms with Gasteiger partial charge in [-0.3, -0.25) is 9.59 Å². The largest absolute Gasteiger partial charge is 0.378 e. The fourth-order valence-electron chi connectivity index (χ4n) is 2.94. The van der Waals surface area contributed by atoms with Gasteiger partial charge in [-0.2, -0.15) is 0 Å². The van der Waals surface area contributed by atoms with Gasteiger partial charge in [0.15, 0.2) is 0 Å². The zero-order chi connectivity index (χ0) is 16.4. The fourth-order valence-corrected chi connectivity index (χ4v) is 3.11. The summed E-state index contributed by atoms with van der Waals surface area (Å²) in [6.07, 6.45) is 0.240. The summed E-state index contributed by atoms with van der Waals surface area (Å²) in [6.45, 7) is 1.78. The monoisotopic (exact) mass is 341 g/mol. The highest BCUT2D eigenvalue weighted by Crippen LogP contribution is 2.25. The molecular weight excluding hydrogens is 325 g/mol. The molecule has 2 fully saturated rings. The number of rotatable bonds is 2. The van der Waals surface area contributed by atoms with Crippen LogP contribution in [-0.4, -0.2) is 71.7 Å². The van der Waals surface area contributed by atoms with Gasteiger partial charge in [0, 0.05) is 31.3 Å². The quantitative estimate of drug-likeness (QED) is 0.757. The van der Waals surface area contributed by atoms with Gasteiger partial charge in [-0.1, -0.05) is 11.6 Å². The smallest absolute Gasteiger partial charge is 0.254 e. The number of carbonyl (C=O) groups excluding carboxylic acids is 2. The minimum Gasteiger partial charge on any atom is -0.378 e. The Bertz CT molecular complexity index is 609. The van der Waals surface area contributed by atoms with Gasteiger partial charge in [0.1, 0.15) is 17.4 Å².